The number of hydrogen-bond donors (Lipinski definition) is 1. The molecule has 2 aromatic heterocycles. The van der Waals surface area contributed by atoms with E-state index in [-0.39, 0.29) is 11.0 Å². The predicted octanol–water partition coefficient (Wildman–Crippen LogP) is 3.97. The standard InChI is InChI=1S/C20H27FN4OS2/c1-14-3-2-8-25(13-14)15-6-9-24(10-7-15)20-23-12-17(28-20)19(26)22-11-16-4-5-18(21)27-16/h4-5,12,14-15H,2-3,6-11,13H2,1H3,(H,22,26)/t14-/m1/s1. The molecule has 1 N–H and O–H groups in total. The first-order valence-corrected chi connectivity index (χ1v) is 11.7. The molecule has 1 amide bonds. The van der Waals surface area contributed by atoms with Gasteiger partial charge in [-0.1, -0.05) is 18.3 Å². The molecule has 4 rings (SSSR count). The Bertz CT molecular complexity index is 800. The van der Waals surface area contributed by atoms with E-state index in [1.165, 1.54) is 43.3 Å². The van der Waals surface area contributed by atoms with Crippen LogP contribution in [0.25, 0.3) is 0 Å². The fourth-order valence-electron chi connectivity index (χ4n) is 4.20. The fraction of sp³-hybridized carbons (Fsp3) is 0.600. The molecule has 2 aromatic rings. The summed E-state index contributed by atoms with van der Waals surface area (Å²) in [7, 11) is 0. The quantitative estimate of drug-likeness (QED) is 0.792. The zero-order chi connectivity index (χ0) is 19.5. The van der Waals surface area contributed by atoms with Crippen molar-refractivity contribution < 1.29 is 9.18 Å². The SMILES string of the molecule is C[C@@H]1CCCN(C2CCN(c3ncc(C(=O)NCc4ccc(F)s4)s3)CC2)C1. The highest BCUT2D eigenvalue weighted by atomic mass is 32.1. The van der Waals surface area contributed by atoms with E-state index in [0.717, 1.165) is 53.2 Å². The molecule has 0 aliphatic carbocycles. The first-order chi connectivity index (χ1) is 13.6. The highest BCUT2D eigenvalue weighted by molar-refractivity contribution is 7.17. The highest BCUT2D eigenvalue weighted by Crippen LogP contribution is 2.29. The second-order valence-corrected chi connectivity index (χ2v) is 9.98. The van der Waals surface area contributed by atoms with Crippen molar-refractivity contribution in [2.45, 2.75) is 45.2 Å². The number of amides is 1. The van der Waals surface area contributed by atoms with Crippen LogP contribution < -0.4 is 10.2 Å². The van der Waals surface area contributed by atoms with Crippen molar-refractivity contribution in [2.75, 3.05) is 31.1 Å². The van der Waals surface area contributed by atoms with Crippen molar-refractivity contribution in [1.29, 1.82) is 0 Å². The summed E-state index contributed by atoms with van der Waals surface area (Å²) in [5.41, 5.74) is 0. The van der Waals surface area contributed by atoms with Crippen molar-refractivity contribution in [1.82, 2.24) is 15.2 Å². The Hall–Kier alpha value is -1.51. The molecule has 152 valence electrons. The molecule has 0 unspecified atom stereocenters. The third-order valence-corrected chi connectivity index (χ3v) is 7.64. The summed E-state index contributed by atoms with van der Waals surface area (Å²) in [6.45, 7) is 7.18. The summed E-state index contributed by atoms with van der Waals surface area (Å²) < 4.78 is 13.0. The Morgan fingerprint density at radius 2 is 2.07 bits per heavy atom. The molecule has 0 saturated carbocycles. The first-order valence-electron chi connectivity index (χ1n) is 10.1. The monoisotopic (exact) mass is 422 g/mol. The predicted molar refractivity (Wildman–Crippen MR) is 113 cm³/mol. The molecule has 0 bridgehead atoms. The van der Waals surface area contributed by atoms with E-state index in [9.17, 15) is 9.18 Å². The number of halogens is 1. The molecule has 0 spiro atoms. The van der Waals surface area contributed by atoms with Crippen molar-refractivity contribution in [3.63, 3.8) is 0 Å². The lowest BCUT2D eigenvalue weighted by Gasteiger charge is -2.41. The molecular weight excluding hydrogens is 395 g/mol. The number of nitrogens with zero attached hydrogens (tertiary/aromatic N) is 3. The van der Waals surface area contributed by atoms with E-state index < -0.39 is 0 Å². The van der Waals surface area contributed by atoms with Gasteiger partial charge >= 0.3 is 0 Å². The molecule has 5 nitrogen and oxygen atoms in total. The van der Waals surface area contributed by atoms with Gasteiger partial charge in [0.25, 0.3) is 5.91 Å². The van der Waals surface area contributed by atoms with Crippen LogP contribution in [0.1, 0.15) is 47.2 Å². The smallest absolute Gasteiger partial charge is 0.263 e. The van der Waals surface area contributed by atoms with Crippen LogP contribution in [-0.4, -0.2) is 48.0 Å². The van der Waals surface area contributed by atoms with Crippen molar-refractivity contribution >= 4 is 33.7 Å². The number of anilines is 1. The summed E-state index contributed by atoms with van der Waals surface area (Å²) in [6, 6.07) is 3.81. The summed E-state index contributed by atoms with van der Waals surface area (Å²) >= 11 is 2.50. The molecule has 2 saturated heterocycles. The Labute approximate surface area is 173 Å². The van der Waals surface area contributed by atoms with Crippen LogP contribution >= 0.6 is 22.7 Å². The third kappa shape index (κ3) is 4.72. The molecule has 28 heavy (non-hydrogen) atoms. The van der Waals surface area contributed by atoms with Crippen LogP contribution in [0.5, 0.6) is 0 Å². The van der Waals surface area contributed by atoms with Gasteiger partial charge in [-0.3, -0.25) is 9.69 Å². The summed E-state index contributed by atoms with van der Waals surface area (Å²) in [5, 5.41) is 3.55. The number of likely N-dealkylation sites (tertiary alicyclic amines) is 1. The van der Waals surface area contributed by atoms with E-state index in [4.69, 9.17) is 0 Å². The number of hydrogen-bond acceptors (Lipinski definition) is 6. The molecular formula is C20H27FN4OS2. The average molecular weight is 423 g/mol. The maximum absolute atomic E-state index is 13.0. The second-order valence-electron chi connectivity index (χ2n) is 7.86. The molecule has 0 aromatic carbocycles. The molecule has 2 aliphatic rings. The topological polar surface area (TPSA) is 48.5 Å². The molecule has 2 fully saturated rings. The number of thiazole rings is 1. The summed E-state index contributed by atoms with van der Waals surface area (Å²) in [6.07, 6.45) is 6.67. The Morgan fingerprint density at radius 1 is 1.25 bits per heavy atom. The van der Waals surface area contributed by atoms with Gasteiger partial charge in [0.2, 0.25) is 0 Å². The Kier molecular flexibility index (Phi) is 6.28. The maximum Gasteiger partial charge on any atom is 0.263 e. The number of rotatable bonds is 5. The number of carbonyl (C=O) groups is 1. The highest BCUT2D eigenvalue weighted by Gasteiger charge is 2.28. The van der Waals surface area contributed by atoms with Gasteiger partial charge in [-0.25, -0.2) is 4.98 Å². The van der Waals surface area contributed by atoms with E-state index in [1.54, 1.807) is 12.3 Å². The largest absolute Gasteiger partial charge is 0.348 e. The fourth-order valence-corrected chi connectivity index (χ4v) is 5.75. The molecule has 4 heterocycles. The minimum absolute atomic E-state index is 0.144. The normalized spacial score (nSPS) is 21.8. The second kappa shape index (κ2) is 8.88. The number of thiophene rings is 1. The summed E-state index contributed by atoms with van der Waals surface area (Å²) in [4.78, 5) is 23.2. The van der Waals surface area contributed by atoms with Gasteiger partial charge in [-0.2, -0.15) is 4.39 Å². The van der Waals surface area contributed by atoms with E-state index in [2.05, 4.69) is 27.0 Å². The van der Waals surface area contributed by atoms with Crippen LogP contribution in [0.3, 0.4) is 0 Å². The summed E-state index contributed by atoms with van der Waals surface area (Å²) in [5.74, 6) is 0.673. The first kappa shape index (κ1) is 19.8. The van der Waals surface area contributed by atoms with Crippen molar-refractivity contribution in [2.24, 2.45) is 5.92 Å². The van der Waals surface area contributed by atoms with Crippen LogP contribution in [0, 0.1) is 11.0 Å². The van der Waals surface area contributed by atoms with Gasteiger partial charge in [0.1, 0.15) is 4.88 Å². The van der Waals surface area contributed by atoms with Crippen molar-refractivity contribution in [3.05, 3.63) is 33.2 Å². The number of nitrogens with one attached hydrogen (secondary N) is 1. The van der Waals surface area contributed by atoms with Gasteiger partial charge < -0.3 is 10.2 Å². The molecule has 1 atom stereocenters. The van der Waals surface area contributed by atoms with Crippen LogP contribution in [0.2, 0.25) is 0 Å². The van der Waals surface area contributed by atoms with Gasteiger partial charge in [0, 0.05) is 30.6 Å². The zero-order valence-electron chi connectivity index (χ0n) is 16.2. The number of aromatic nitrogens is 1. The minimum atomic E-state index is -0.230. The average Bonchev–Trinajstić information content (AvgIpc) is 3.36. The van der Waals surface area contributed by atoms with E-state index in [0.29, 0.717) is 17.5 Å². The van der Waals surface area contributed by atoms with Gasteiger partial charge in [-0.05, 0) is 50.3 Å². The van der Waals surface area contributed by atoms with E-state index in [1.807, 2.05) is 0 Å². The van der Waals surface area contributed by atoms with Crippen molar-refractivity contribution in [3.8, 4) is 0 Å². The van der Waals surface area contributed by atoms with Gasteiger partial charge in [-0.15, -0.1) is 11.3 Å². The lowest BCUT2D eigenvalue weighted by Crippen LogP contribution is -2.48. The zero-order valence-corrected chi connectivity index (χ0v) is 17.8. The molecule has 2 aliphatic heterocycles. The van der Waals surface area contributed by atoms with Crippen LogP contribution in [0.15, 0.2) is 18.3 Å². The van der Waals surface area contributed by atoms with E-state index >= 15 is 0 Å². The third-order valence-electron chi connectivity index (χ3n) is 5.71. The lowest BCUT2D eigenvalue weighted by atomic mass is 9.95. The molecule has 8 heteroatoms. The Balaban J connectivity index is 1.28. The minimum Gasteiger partial charge on any atom is -0.348 e. The molecule has 0 radical (unpaired) electrons. The number of carbonyl (C=O) groups excluding carboxylic acids is 1. The Morgan fingerprint density at radius 3 is 2.79 bits per heavy atom. The maximum atomic E-state index is 13.0. The van der Waals surface area contributed by atoms with Gasteiger partial charge in [0.15, 0.2) is 10.3 Å². The number of piperidine rings is 2. The van der Waals surface area contributed by atoms with Gasteiger partial charge in [0.05, 0.1) is 12.7 Å². The van der Waals surface area contributed by atoms with Crippen LogP contribution in [-0.2, 0) is 6.54 Å². The lowest BCUT2D eigenvalue weighted by molar-refractivity contribution is 0.0955. The van der Waals surface area contributed by atoms with Crippen LogP contribution in [0.4, 0.5) is 9.52 Å².